The summed E-state index contributed by atoms with van der Waals surface area (Å²) in [4.78, 5) is 2.40. The molecule has 2 aromatic rings. The van der Waals surface area contributed by atoms with Crippen LogP contribution in [0.25, 0.3) is 11.0 Å². The molecule has 114 valence electrons. The van der Waals surface area contributed by atoms with E-state index >= 15 is 0 Å². The number of methoxy groups -OCH3 is 1. The third-order valence-corrected chi connectivity index (χ3v) is 4.50. The highest BCUT2D eigenvalue weighted by Crippen LogP contribution is 2.27. The number of hydrogen-bond donors (Lipinski definition) is 1. The first-order chi connectivity index (χ1) is 10.2. The lowest BCUT2D eigenvalue weighted by molar-refractivity contribution is 0.0723. The van der Waals surface area contributed by atoms with E-state index in [2.05, 4.69) is 17.9 Å². The minimum absolute atomic E-state index is 0.278. The highest BCUT2D eigenvalue weighted by molar-refractivity contribution is 5.79. The fraction of sp³-hybridized carbons (Fsp3) is 0.529. The lowest BCUT2D eigenvalue weighted by Gasteiger charge is -2.36. The average Bonchev–Trinajstić information content (AvgIpc) is 2.90. The summed E-state index contributed by atoms with van der Waals surface area (Å²) >= 11 is 0. The maximum Gasteiger partial charge on any atom is 0.134 e. The summed E-state index contributed by atoms with van der Waals surface area (Å²) in [5, 5.41) is 10.4. The quantitative estimate of drug-likeness (QED) is 0.939. The Morgan fingerprint density at radius 1 is 1.33 bits per heavy atom. The van der Waals surface area contributed by atoms with Crippen molar-refractivity contribution in [1.82, 2.24) is 4.90 Å². The molecular weight excluding hydrogens is 266 g/mol. The maximum atomic E-state index is 9.37. The van der Waals surface area contributed by atoms with Crippen molar-refractivity contribution >= 4 is 11.0 Å². The molecule has 21 heavy (non-hydrogen) atoms. The Hall–Kier alpha value is -1.52. The van der Waals surface area contributed by atoms with Gasteiger partial charge in [-0.3, -0.25) is 4.90 Å². The number of piperidine rings is 1. The first-order valence-corrected chi connectivity index (χ1v) is 7.61. The zero-order valence-electron chi connectivity index (χ0n) is 12.7. The molecule has 1 aliphatic heterocycles. The van der Waals surface area contributed by atoms with Crippen LogP contribution in [-0.2, 0) is 6.54 Å². The molecule has 0 saturated carbocycles. The Labute approximate surface area is 125 Å². The average molecular weight is 289 g/mol. The molecule has 0 spiro atoms. The van der Waals surface area contributed by atoms with E-state index in [0.29, 0.717) is 12.0 Å². The molecule has 0 radical (unpaired) electrons. The number of aliphatic hydroxyl groups is 1. The molecule has 1 saturated heterocycles. The number of aliphatic hydroxyl groups excluding tert-OH is 1. The van der Waals surface area contributed by atoms with Gasteiger partial charge in [-0.15, -0.1) is 0 Å². The van der Waals surface area contributed by atoms with Gasteiger partial charge in [-0.25, -0.2) is 0 Å². The minimum atomic E-state index is 0.278. The number of nitrogens with zero attached hydrogens (tertiary/aromatic N) is 1. The highest BCUT2D eigenvalue weighted by Gasteiger charge is 2.25. The first kappa shape index (κ1) is 14.4. The van der Waals surface area contributed by atoms with E-state index < -0.39 is 0 Å². The van der Waals surface area contributed by atoms with Gasteiger partial charge >= 0.3 is 0 Å². The van der Waals surface area contributed by atoms with Crippen LogP contribution in [0.15, 0.2) is 28.7 Å². The Bertz CT molecular complexity index is 607. The largest absolute Gasteiger partial charge is 0.497 e. The molecule has 0 bridgehead atoms. The van der Waals surface area contributed by atoms with E-state index in [4.69, 9.17) is 9.15 Å². The molecule has 2 unspecified atom stereocenters. The SMILES string of the molecule is COc1ccc2oc(CN3CC(CO)CCC3C)cc2c1. The van der Waals surface area contributed by atoms with Gasteiger partial charge in [0.15, 0.2) is 0 Å². The van der Waals surface area contributed by atoms with Crippen LogP contribution in [0.1, 0.15) is 25.5 Å². The van der Waals surface area contributed by atoms with E-state index in [1.165, 1.54) is 0 Å². The summed E-state index contributed by atoms with van der Waals surface area (Å²) in [6.07, 6.45) is 2.25. The lowest BCUT2D eigenvalue weighted by Crippen LogP contribution is -2.42. The fourth-order valence-electron chi connectivity index (χ4n) is 3.11. The van der Waals surface area contributed by atoms with Crippen molar-refractivity contribution < 1.29 is 14.3 Å². The normalized spacial score (nSPS) is 23.6. The van der Waals surface area contributed by atoms with Gasteiger partial charge in [0.2, 0.25) is 0 Å². The van der Waals surface area contributed by atoms with Gasteiger partial charge in [0.05, 0.1) is 13.7 Å². The van der Waals surface area contributed by atoms with Gasteiger partial charge in [-0.05, 0) is 49.9 Å². The molecule has 1 N–H and O–H groups in total. The Balaban J connectivity index is 1.77. The van der Waals surface area contributed by atoms with Gasteiger partial charge in [0, 0.05) is 24.6 Å². The second-order valence-corrected chi connectivity index (χ2v) is 6.02. The Kier molecular flexibility index (Phi) is 4.17. The molecule has 4 heteroatoms. The van der Waals surface area contributed by atoms with Gasteiger partial charge in [-0.2, -0.15) is 0 Å². The number of furan rings is 1. The number of fused-ring (bicyclic) bond motifs is 1. The van der Waals surface area contributed by atoms with E-state index in [-0.39, 0.29) is 6.61 Å². The van der Waals surface area contributed by atoms with Crippen LogP contribution >= 0.6 is 0 Å². The lowest BCUT2D eigenvalue weighted by atomic mass is 9.94. The zero-order chi connectivity index (χ0) is 14.8. The minimum Gasteiger partial charge on any atom is -0.497 e. The second kappa shape index (κ2) is 6.08. The van der Waals surface area contributed by atoms with Crippen LogP contribution in [-0.4, -0.2) is 36.3 Å². The molecule has 4 nitrogen and oxygen atoms in total. The summed E-state index contributed by atoms with van der Waals surface area (Å²) in [5.41, 5.74) is 0.897. The molecule has 0 amide bonds. The Morgan fingerprint density at radius 2 is 2.19 bits per heavy atom. The van der Waals surface area contributed by atoms with E-state index in [0.717, 1.165) is 48.4 Å². The van der Waals surface area contributed by atoms with Gasteiger partial charge in [-0.1, -0.05) is 0 Å². The number of hydrogen-bond acceptors (Lipinski definition) is 4. The van der Waals surface area contributed by atoms with Crippen molar-refractivity contribution in [3.63, 3.8) is 0 Å². The zero-order valence-corrected chi connectivity index (χ0v) is 12.7. The van der Waals surface area contributed by atoms with E-state index in [9.17, 15) is 5.11 Å². The van der Waals surface area contributed by atoms with Crippen LogP contribution in [0.3, 0.4) is 0 Å². The molecule has 3 rings (SSSR count). The summed E-state index contributed by atoms with van der Waals surface area (Å²) in [6.45, 7) is 4.27. The maximum absolute atomic E-state index is 9.37. The third kappa shape index (κ3) is 3.06. The third-order valence-electron chi connectivity index (χ3n) is 4.50. The van der Waals surface area contributed by atoms with Gasteiger partial charge in [0.1, 0.15) is 17.1 Å². The summed E-state index contributed by atoms with van der Waals surface area (Å²) < 4.78 is 11.2. The van der Waals surface area contributed by atoms with Gasteiger partial charge in [0.25, 0.3) is 0 Å². The van der Waals surface area contributed by atoms with E-state index in [1.807, 2.05) is 18.2 Å². The number of benzene rings is 1. The van der Waals surface area contributed by atoms with Crippen LogP contribution in [0.4, 0.5) is 0 Å². The molecule has 2 atom stereocenters. The van der Waals surface area contributed by atoms with Crippen molar-refractivity contribution in [1.29, 1.82) is 0 Å². The summed E-state index contributed by atoms with van der Waals surface area (Å²) in [5.74, 6) is 2.22. The second-order valence-electron chi connectivity index (χ2n) is 6.02. The van der Waals surface area contributed by atoms with E-state index in [1.54, 1.807) is 7.11 Å². The van der Waals surface area contributed by atoms with Crippen molar-refractivity contribution in [2.45, 2.75) is 32.4 Å². The topological polar surface area (TPSA) is 45.8 Å². The predicted octanol–water partition coefficient (Wildman–Crippen LogP) is 3.03. The molecule has 2 heterocycles. The smallest absolute Gasteiger partial charge is 0.134 e. The molecule has 1 aliphatic rings. The van der Waals surface area contributed by atoms with Crippen LogP contribution in [0.5, 0.6) is 5.75 Å². The standard InChI is InChI=1S/C17H23NO3/c1-12-3-4-13(11-19)9-18(12)10-16-8-14-7-15(20-2)5-6-17(14)21-16/h5-8,12-13,19H,3-4,9-11H2,1-2H3. The summed E-state index contributed by atoms with van der Waals surface area (Å²) in [6, 6.07) is 8.50. The van der Waals surface area contributed by atoms with Crippen molar-refractivity contribution in [3.05, 3.63) is 30.0 Å². The van der Waals surface area contributed by atoms with Crippen molar-refractivity contribution in [2.75, 3.05) is 20.3 Å². The number of ether oxygens (including phenoxy) is 1. The Morgan fingerprint density at radius 3 is 2.95 bits per heavy atom. The van der Waals surface area contributed by atoms with Crippen LogP contribution in [0.2, 0.25) is 0 Å². The molecular formula is C17H23NO3. The van der Waals surface area contributed by atoms with Gasteiger partial charge < -0.3 is 14.3 Å². The van der Waals surface area contributed by atoms with Crippen LogP contribution < -0.4 is 4.74 Å². The summed E-state index contributed by atoms with van der Waals surface area (Å²) in [7, 11) is 1.67. The van der Waals surface area contributed by atoms with Crippen LogP contribution in [0, 0.1) is 5.92 Å². The van der Waals surface area contributed by atoms with Crippen molar-refractivity contribution in [3.8, 4) is 5.75 Å². The molecule has 0 aliphatic carbocycles. The predicted molar refractivity (Wildman–Crippen MR) is 82.4 cm³/mol. The molecule has 1 aromatic heterocycles. The van der Waals surface area contributed by atoms with Crippen molar-refractivity contribution in [2.24, 2.45) is 5.92 Å². The molecule has 1 fully saturated rings. The fourth-order valence-corrected chi connectivity index (χ4v) is 3.11. The number of rotatable bonds is 4. The monoisotopic (exact) mass is 289 g/mol. The molecule has 1 aromatic carbocycles. The highest BCUT2D eigenvalue weighted by atomic mass is 16.5. The first-order valence-electron chi connectivity index (χ1n) is 7.61. The number of likely N-dealkylation sites (tertiary alicyclic amines) is 1.